The highest BCUT2D eigenvalue weighted by Crippen LogP contribution is 2.16. The maximum atomic E-state index is 11.3. The van der Waals surface area contributed by atoms with Gasteiger partial charge in [0.1, 0.15) is 13.4 Å². The molecule has 0 aliphatic rings. The van der Waals surface area contributed by atoms with Crippen molar-refractivity contribution in [2.75, 3.05) is 20.5 Å². The summed E-state index contributed by atoms with van der Waals surface area (Å²) < 4.78 is 15.7. The lowest BCUT2D eigenvalue weighted by Gasteiger charge is -2.26. The molecule has 1 unspecified atom stereocenters. The molecule has 94 valence electrons. The standard InChI is InChI=1S/C10H20O5Si/c1-5-6-16(13-4,15-8-11)14-7-10(12)9(2)3/h11H,2,5-8H2,1,3-4H3. The fraction of sp³-hybridized carbons (Fsp3) is 0.700. The van der Waals surface area contributed by atoms with Crippen LogP contribution >= 0.6 is 0 Å². The van der Waals surface area contributed by atoms with Crippen molar-refractivity contribution in [1.29, 1.82) is 0 Å². The number of carbonyl (C=O) groups is 1. The summed E-state index contributed by atoms with van der Waals surface area (Å²) in [6.45, 7) is 6.51. The number of aliphatic hydroxyl groups is 1. The minimum absolute atomic E-state index is 0.116. The van der Waals surface area contributed by atoms with E-state index in [1.807, 2.05) is 6.92 Å². The molecule has 6 heteroatoms. The van der Waals surface area contributed by atoms with Gasteiger partial charge in [-0.05, 0) is 12.5 Å². The number of aliphatic hydroxyl groups excluding tert-OH is 1. The van der Waals surface area contributed by atoms with Crippen LogP contribution in [0.3, 0.4) is 0 Å². The van der Waals surface area contributed by atoms with E-state index in [4.69, 9.17) is 18.4 Å². The molecule has 0 saturated carbocycles. The maximum Gasteiger partial charge on any atom is 0.502 e. The third-order valence-corrected chi connectivity index (χ3v) is 4.94. The Morgan fingerprint density at radius 3 is 2.44 bits per heavy atom. The first-order chi connectivity index (χ1) is 7.51. The average Bonchev–Trinajstić information content (AvgIpc) is 2.25. The van der Waals surface area contributed by atoms with Crippen LogP contribution in [-0.2, 0) is 18.1 Å². The second-order valence-corrected chi connectivity index (χ2v) is 6.25. The molecule has 1 N–H and O–H groups in total. The Hall–Kier alpha value is -0.533. The zero-order valence-electron chi connectivity index (χ0n) is 10.1. The number of Topliss-reactive ketones (excluding diaryl/α,β-unsaturated/α-hetero) is 1. The van der Waals surface area contributed by atoms with E-state index in [0.717, 1.165) is 6.42 Å². The molecule has 0 saturated heterocycles. The van der Waals surface area contributed by atoms with Crippen LogP contribution in [0.1, 0.15) is 20.3 Å². The second-order valence-electron chi connectivity index (χ2n) is 3.40. The van der Waals surface area contributed by atoms with Gasteiger partial charge in [0.15, 0.2) is 5.78 Å². The molecule has 0 aliphatic heterocycles. The van der Waals surface area contributed by atoms with Gasteiger partial charge in [0.2, 0.25) is 0 Å². The first kappa shape index (κ1) is 15.5. The molecule has 5 nitrogen and oxygen atoms in total. The van der Waals surface area contributed by atoms with Gasteiger partial charge in [0.25, 0.3) is 0 Å². The van der Waals surface area contributed by atoms with Crippen LogP contribution in [0.5, 0.6) is 0 Å². The number of ketones is 1. The topological polar surface area (TPSA) is 65.0 Å². The normalized spacial score (nSPS) is 14.5. The van der Waals surface area contributed by atoms with E-state index in [2.05, 4.69) is 6.58 Å². The van der Waals surface area contributed by atoms with Gasteiger partial charge < -0.3 is 18.4 Å². The Kier molecular flexibility index (Phi) is 7.44. The summed E-state index contributed by atoms with van der Waals surface area (Å²) in [6.07, 6.45) is 0.793. The van der Waals surface area contributed by atoms with Gasteiger partial charge in [-0.3, -0.25) is 4.79 Å². The Morgan fingerprint density at radius 1 is 1.44 bits per heavy atom. The monoisotopic (exact) mass is 248 g/mol. The van der Waals surface area contributed by atoms with Crippen molar-refractivity contribution in [1.82, 2.24) is 0 Å². The van der Waals surface area contributed by atoms with Gasteiger partial charge in [0.05, 0.1) is 0 Å². The van der Waals surface area contributed by atoms with Gasteiger partial charge in [-0.25, -0.2) is 0 Å². The van der Waals surface area contributed by atoms with Crippen molar-refractivity contribution in [2.45, 2.75) is 26.3 Å². The van der Waals surface area contributed by atoms with Gasteiger partial charge in [-0.2, -0.15) is 0 Å². The van der Waals surface area contributed by atoms with E-state index >= 15 is 0 Å². The molecule has 0 bridgehead atoms. The fourth-order valence-corrected chi connectivity index (χ4v) is 3.08. The van der Waals surface area contributed by atoms with E-state index in [0.29, 0.717) is 11.6 Å². The van der Waals surface area contributed by atoms with Gasteiger partial charge in [-0.15, -0.1) is 0 Å². The smallest absolute Gasteiger partial charge is 0.377 e. The lowest BCUT2D eigenvalue weighted by molar-refractivity contribution is -0.119. The van der Waals surface area contributed by atoms with Crippen molar-refractivity contribution >= 4 is 14.6 Å². The Morgan fingerprint density at radius 2 is 2.06 bits per heavy atom. The Balaban J connectivity index is 4.40. The Bertz CT molecular complexity index is 235. The number of rotatable bonds is 9. The quantitative estimate of drug-likeness (QED) is 0.376. The Labute approximate surface area is 97.4 Å². The first-order valence-corrected chi connectivity index (χ1v) is 7.07. The molecule has 16 heavy (non-hydrogen) atoms. The van der Waals surface area contributed by atoms with Crippen LogP contribution in [0.15, 0.2) is 12.2 Å². The minimum atomic E-state index is -2.89. The zero-order valence-corrected chi connectivity index (χ0v) is 11.1. The van der Waals surface area contributed by atoms with E-state index in [9.17, 15) is 4.79 Å². The van der Waals surface area contributed by atoms with Crippen LogP contribution in [0, 0.1) is 0 Å². The summed E-state index contributed by atoms with van der Waals surface area (Å²) >= 11 is 0. The van der Waals surface area contributed by atoms with Crippen molar-refractivity contribution in [3.05, 3.63) is 12.2 Å². The molecule has 0 aromatic rings. The molecule has 0 radical (unpaired) electrons. The van der Waals surface area contributed by atoms with E-state index in [1.165, 1.54) is 7.11 Å². The number of carbonyl (C=O) groups excluding carboxylic acids is 1. The summed E-state index contributed by atoms with van der Waals surface area (Å²) in [7, 11) is -1.43. The molecule has 0 spiro atoms. The molecular formula is C10H20O5Si. The SMILES string of the molecule is C=C(C)C(=O)CO[Si](CCC)(OC)OCO. The summed E-state index contributed by atoms with van der Waals surface area (Å²) in [5, 5.41) is 8.78. The third-order valence-electron chi connectivity index (χ3n) is 2.05. The summed E-state index contributed by atoms with van der Waals surface area (Å²) in [5.41, 5.74) is 0.430. The van der Waals surface area contributed by atoms with Crippen LogP contribution in [0.2, 0.25) is 6.04 Å². The van der Waals surface area contributed by atoms with Crippen molar-refractivity contribution in [2.24, 2.45) is 0 Å². The van der Waals surface area contributed by atoms with E-state index in [1.54, 1.807) is 6.92 Å². The number of hydrogen-bond acceptors (Lipinski definition) is 5. The average molecular weight is 248 g/mol. The maximum absolute atomic E-state index is 11.3. The molecule has 1 atom stereocenters. The number of hydrogen-bond donors (Lipinski definition) is 1. The summed E-state index contributed by atoms with van der Waals surface area (Å²) in [6, 6.07) is 0.563. The van der Waals surface area contributed by atoms with Gasteiger partial charge in [-0.1, -0.05) is 19.9 Å². The van der Waals surface area contributed by atoms with Gasteiger partial charge in [0, 0.05) is 13.2 Å². The minimum Gasteiger partial charge on any atom is -0.377 e. The molecular weight excluding hydrogens is 228 g/mol. The highest BCUT2D eigenvalue weighted by Gasteiger charge is 2.39. The molecule has 0 rings (SSSR count). The molecule has 0 aromatic carbocycles. The predicted molar refractivity (Wildman–Crippen MR) is 61.8 cm³/mol. The van der Waals surface area contributed by atoms with Crippen molar-refractivity contribution in [3.63, 3.8) is 0 Å². The fourth-order valence-electron chi connectivity index (χ4n) is 1.11. The first-order valence-electron chi connectivity index (χ1n) is 5.14. The van der Waals surface area contributed by atoms with Crippen LogP contribution in [0.25, 0.3) is 0 Å². The van der Waals surface area contributed by atoms with E-state index < -0.39 is 15.6 Å². The second kappa shape index (κ2) is 7.69. The van der Waals surface area contributed by atoms with E-state index in [-0.39, 0.29) is 12.4 Å². The van der Waals surface area contributed by atoms with Crippen LogP contribution in [-0.4, -0.2) is 40.2 Å². The van der Waals surface area contributed by atoms with Crippen molar-refractivity contribution in [3.8, 4) is 0 Å². The van der Waals surface area contributed by atoms with Crippen LogP contribution < -0.4 is 0 Å². The highest BCUT2D eigenvalue weighted by molar-refractivity contribution is 6.60. The molecule has 0 aromatic heterocycles. The lowest BCUT2D eigenvalue weighted by atomic mass is 10.2. The summed E-state index contributed by atoms with van der Waals surface area (Å²) in [4.78, 5) is 11.3. The van der Waals surface area contributed by atoms with Crippen LogP contribution in [0.4, 0.5) is 0 Å². The lowest BCUT2D eigenvalue weighted by Crippen LogP contribution is -2.46. The highest BCUT2D eigenvalue weighted by atomic mass is 28.4. The van der Waals surface area contributed by atoms with Crippen molar-refractivity contribution < 1.29 is 23.2 Å². The predicted octanol–water partition coefficient (Wildman–Crippen LogP) is 1.11. The summed E-state index contributed by atoms with van der Waals surface area (Å²) in [5.74, 6) is -0.188. The largest absolute Gasteiger partial charge is 0.502 e. The third kappa shape index (κ3) is 5.00. The zero-order chi connectivity index (χ0) is 12.6. The molecule has 0 amide bonds. The molecule has 0 fully saturated rings. The molecule has 0 aliphatic carbocycles. The van der Waals surface area contributed by atoms with Gasteiger partial charge >= 0.3 is 8.80 Å². The molecule has 0 heterocycles.